The SMILES string of the molecule is O=C(NCC1CCOC1)NC1CCNC1. The Morgan fingerprint density at radius 3 is 3.07 bits per heavy atom. The monoisotopic (exact) mass is 213 g/mol. The van der Waals surface area contributed by atoms with E-state index in [1.807, 2.05) is 0 Å². The van der Waals surface area contributed by atoms with Crippen LogP contribution in [0, 0.1) is 5.92 Å². The first-order valence-electron chi connectivity index (χ1n) is 5.67. The molecule has 0 aliphatic carbocycles. The summed E-state index contributed by atoms with van der Waals surface area (Å²) in [6, 6.07) is 0.250. The minimum absolute atomic E-state index is 0.0457. The maximum atomic E-state index is 11.5. The topological polar surface area (TPSA) is 62.4 Å². The fourth-order valence-corrected chi connectivity index (χ4v) is 2.00. The third-order valence-electron chi connectivity index (χ3n) is 2.97. The average molecular weight is 213 g/mol. The Bertz CT molecular complexity index is 211. The van der Waals surface area contributed by atoms with E-state index < -0.39 is 0 Å². The molecule has 86 valence electrons. The van der Waals surface area contributed by atoms with E-state index in [2.05, 4.69) is 16.0 Å². The number of nitrogens with one attached hydrogen (secondary N) is 3. The second-order valence-corrected chi connectivity index (χ2v) is 4.27. The van der Waals surface area contributed by atoms with Gasteiger partial charge in [0.05, 0.1) is 6.61 Å². The van der Waals surface area contributed by atoms with Gasteiger partial charge in [-0.25, -0.2) is 4.79 Å². The van der Waals surface area contributed by atoms with E-state index >= 15 is 0 Å². The fourth-order valence-electron chi connectivity index (χ4n) is 2.00. The predicted molar refractivity (Wildman–Crippen MR) is 56.7 cm³/mol. The third kappa shape index (κ3) is 3.35. The van der Waals surface area contributed by atoms with Crippen LogP contribution in [-0.4, -0.2) is 44.9 Å². The highest BCUT2D eigenvalue weighted by Gasteiger charge is 2.19. The molecule has 5 heteroatoms. The predicted octanol–water partition coefficient (Wildman–Crippen LogP) is -0.316. The maximum Gasteiger partial charge on any atom is 0.315 e. The highest BCUT2D eigenvalue weighted by Crippen LogP contribution is 2.10. The molecule has 2 aliphatic rings. The molecule has 2 amide bonds. The van der Waals surface area contributed by atoms with Crippen LogP contribution in [0.5, 0.6) is 0 Å². The molecule has 0 spiro atoms. The zero-order valence-electron chi connectivity index (χ0n) is 8.92. The molecule has 0 aromatic rings. The van der Waals surface area contributed by atoms with E-state index in [9.17, 15) is 4.79 Å². The lowest BCUT2D eigenvalue weighted by Gasteiger charge is -2.14. The molecule has 0 aromatic carbocycles. The van der Waals surface area contributed by atoms with Gasteiger partial charge in [-0.1, -0.05) is 0 Å². The maximum absolute atomic E-state index is 11.5. The molecule has 3 N–H and O–H groups in total. The second-order valence-electron chi connectivity index (χ2n) is 4.27. The standard InChI is InChI=1S/C10H19N3O2/c14-10(13-9-1-3-11-6-9)12-5-8-2-4-15-7-8/h8-9,11H,1-7H2,(H2,12,13,14). The van der Waals surface area contributed by atoms with Gasteiger partial charge in [-0.05, 0) is 19.4 Å². The highest BCUT2D eigenvalue weighted by molar-refractivity contribution is 5.74. The van der Waals surface area contributed by atoms with Crippen molar-refractivity contribution in [3.63, 3.8) is 0 Å². The average Bonchev–Trinajstić information content (AvgIpc) is 2.86. The van der Waals surface area contributed by atoms with Crippen LogP contribution in [0.15, 0.2) is 0 Å². The van der Waals surface area contributed by atoms with Crippen molar-refractivity contribution < 1.29 is 9.53 Å². The largest absolute Gasteiger partial charge is 0.381 e. The number of carbonyl (C=O) groups is 1. The van der Waals surface area contributed by atoms with Crippen LogP contribution >= 0.6 is 0 Å². The van der Waals surface area contributed by atoms with Crippen molar-refractivity contribution in [2.24, 2.45) is 5.92 Å². The van der Waals surface area contributed by atoms with Crippen LogP contribution in [0.25, 0.3) is 0 Å². The van der Waals surface area contributed by atoms with E-state index in [1.54, 1.807) is 0 Å². The number of carbonyl (C=O) groups excluding carboxylic acids is 1. The van der Waals surface area contributed by atoms with E-state index in [4.69, 9.17) is 4.74 Å². The van der Waals surface area contributed by atoms with Crippen LogP contribution in [0.1, 0.15) is 12.8 Å². The molecule has 2 heterocycles. The lowest BCUT2D eigenvalue weighted by Crippen LogP contribution is -2.44. The summed E-state index contributed by atoms with van der Waals surface area (Å²) < 4.78 is 5.24. The summed E-state index contributed by atoms with van der Waals surface area (Å²) in [5, 5.41) is 9.06. The van der Waals surface area contributed by atoms with Gasteiger partial charge in [0.1, 0.15) is 0 Å². The molecule has 0 radical (unpaired) electrons. The van der Waals surface area contributed by atoms with Gasteiger partial charge < -0.3 is 20.7 Å². The van der Waals surface area contributed by atoms with Crippen molar-refractivity contribution in [1.29, 1.82) is 0 Å². The fraction of sp³-hybridized carbons (Fsp3) is 0.900. The summed E-state index contributed by atoms with van der Waals surface area (Å²) in [6.45, 7) is 4.24. The van der Waals surface area contributed by atoms with Crippen LogP contribution in [0.2, 0.25) is 0 Å². The summed E-state index contributed by atoms with van der Waals surface area (Å²) in [6.07, 6.45) is 2.09. The van der Waals surface area contributed by atoms with Gasteiger partial charge in [0.25, 0.3) is 0 Å². The van der Waals surface area contributed by atoms with Crippen LogP contribution in [-0.2, 0) is 4.74 Å². The Morgan fingerprint density at radius 2 is 2.40 bits per heavy atom. The van der Waals surface area contributed by atoms with Crippen LogP contribution < -0.4 is 16.0 Å². The number of hydrogen-bond donors (Lipinski definition) is 3. The van der Waals surface area contributed by atoms with Gasteiger partial charge in [0.2, 0.25) is 0 Å². The first kappa shape index (κ1) is 10.7. The molecule has 0 saturated carbocycles. The molecule has 2 aliphatic heterocycles. The van der Waals surface area contributed by atoms with Gasteiger partial charge in [0, 0.05) is 31.7 Å². The molecule has 2 unspecified atom stereocenters. The molecule has 2 fully saturated rings. The number of ether oxygens (including phenoxy) is 1. The number of urea groups is 1. The lowest BCUT2D eigenvalue weighted by molar-refractivity contribution is 0.185. The Balaban J connectivity index is 1.59. The minimum atomic E-state index is -0.0457. The summed E-state index contributed by atoms with van der Waals surface area (Å²) >= 11 is 0. The summed E-state index contributed by atoms with van der Waals surface area (Å²) in [7, 11) is 0. The van der Waals surface area contributed by atoms with Gasteiger partial charge in [-0.3, -0.25) is 0 Å². The smallest absolute Gasteiger partial charge is 0.315 e. The van der Waals surface area contributed by atoms with Gasteiger partial charge in [0.15, 0.2) is 0 Å². The van der Waals surface area contributed by atoms with Crippen molar-refractivity contribution in [3.8, 4) is 0 Å². The van der Waals surface area contributed by atoms with Crippen LogP contribution in [0.3, 0.4) is 0 Å². The molecule has 2 saturated heterocycles. The van der Waals surface area contributed by atoms with Crippen molar-refractivity contribution in [1.82, 2.24) is 16.0 Å². The Labute approximate surface area is 89.9 Å². The Kier molecular flexibility index (Phi) is 3.80. The van der Waals surface area contributed by atoms with E-state index in [-0.39, 0.29) is 6.03 Å². The molecule has 15 heavy (non-hydrogen) atoms. The minimum Gasteiger partial charge on any atom is -0.381 e. The van der Waals surface area contributed by atoms with Gasteiger partial charge in [-0.15, -0.1) is 0 Å². The number of amides is 2. The molecule has 5 nitrogen and oxygen atoms in total. The van der Waals surface area contributed by atoms with Crippen molar-refractivity contribution >= 4 is 6.03 Å². The van der Waals surface area contributed by atoms with Gasteiger partial charge in [-0.2, -0.15) is 0 Å². The molecular weight excluding hydrogens is 194 g/mol. The molecule has 2 atom stereocenters. The lowest BCUT2D eigenvalue weighted by atomic mass is 10.1. The van der Waals surface area contributed by atoms with Crippen molar-refractivity contribution in [2.45, 2.75) is 18.9 Å². The zero-order valence-corrected chi connectivity index (χ0v) is 8.92. The first-order valence-corrected chi connectivity index (χ1v) is 5.67. The van der Waals surface area contributed by atoms with Gasteiger partial charge >= 0.3 is 6.03 Å². The Morgan fingerprint density at radius 1 is 1.47 bits per heavy atom. The van der Waals surface area contributed by atoms with Crippen LogP contribution in [0.4, 0.5) is 4.79 Å². The second kappa shape index (κ2) is 5.32. The van der Waals surface area contributed by atoms with E-state index in [0.717, 1.165) is 45.7 Å². The third-order valence-corrected chi connectivity index (χ3v) is 2.97. The molecule has 0 bridgehead atoms. The van der Waals surface area contributed by atoms with E-state index in [1.165, 1.54) is 0 Å². The normalized spacial score (nSPS) is 30.4. The summed E-state index contributed by atoms with van der Waals surface area (Å²) in [5.74, 6) is 0.498. The molecular formula is C10H19N3O2. The quantitative estimate of drug-likeness (QED) is 0.602. The van der Waals surface area contributed by atoms with E-state index in [0.29, 0.717) is 12.0 Å². The summed E-state index contributed by atoms with van der Waals surface area (Å²) in [5.41, 5.74) is 0. The number of rotatable bonds is 3. The van der Waals surface area contributed by atoms with Crippen molar-refractivity contribution in [2.75, 3.05) is 32.8 Å². The highest BCUT2D eigenvalue weighted by atomic mass is 16.5. The molecule has 2 rings (SSSR count). The Hall–Kier alpha value is -0.810. The zero-order chi connectivity index (χ0) is 10.5. The first-order chi connectivity index (χ1) is 7.34. The summed E-state index contributed by atoms with van der Waals surface area (Å²) in [4.78, 5) is 11.5. The molecule has 0 aromatic heterocycles. The van der Waals surface area contributed by atoms with Crippen molar-refractivity contribution in [3.05, 3.63) is 0 Å². The number of hydrogen-bond acceptors (Lipinski definition) is 3.